The second-order valence-corrected chi connectivity index (χ2v) is 13.4. The van der Waals surface area contributed by atoms with Gasteiger partial charge < -0.3 is 29.2 Å². The van der Waals surface area contributed by atoms with Crippen LogP contribution in [-0.4, -0.2) is 70.2 Å². The SMILES string of the molecule is C=C(C[C@@H]1CC2(C[C@]3(C[C@@H](O)C[C@H](COCc4ccc(OC)cc4)O3)O1)SCCCS2)[C@@H](C)CO. The molecule has 6 nitrogen and oxygen atoms in total. The van der Waals surface area contributed by atoms with Crippen molar-refractivity contribution in [2.45, 2.75) is 80.2 Å². The quantitative estimate of drug-likeness (QED) is 0.448. The number of aliphatic hydroxyl groups excluding tert-OH is 2. The molecule has 1 aromatic carbocycles. The minimum Gasteiger partial charge on any atom is -0.497 e. The Bertz CT molecular complexity index is 827. The number of aliphatic hydroxyl groups is 2. The van der Waals surface area contributed by atoms with Crippen LogP contribution >= 0.6 is 23.5 Å². The largest absolute Gasteiger partial charge is 0.497 e. The highest BCUT2D eigenvalue weighted by Gasteiger charge is 2.54. The first-order chi connectivity index (χ1) is 16.8. The Morgan fingerprint density at radius 2 is 1.89 bits per heavy atom. The van der Waals surface area contributed by atoms with E-state index in [2.05, 4.69) is 6.58 Å². The van der Waals surface area contributed by atoms with E-state index in [1.807, 2.05) is 54.7 Å². The van der Waals surface area contributed by atoms with Crippen molar-refractivity contribution in [1.29, 1.82) is 0 Å². The standard InChI is InChI=1S/C27H40O6S2/c1-19(20(2)15-28)11-24-14-27(34-9-4-10-35-27)18-26(32-24)13-22(29)12-25(33-26)17-31-16-21-5-7-23(30-3)8-6-21/h5-8,20,22,24-25,28-29H,1,4,9-18H2,2-3H3/t20-,22-,24+,25+,26+/m0/s1. The predicted molar refractivity (Wildman–Crippen MR) is 142 cm³/mol. The van der Waals surface area contributed by atoms with Gasteiger partial charge in [0.1, 0.15) is 5.75 Å². The van der Waals surface area contributed by atoms with Crippen molar-refractivity contribution in [3.63, 3.8) is 0 Å². The first-order valence-corrected chi connectivity index (χ1v) is 14.6. The van der Waals surface area contributed by atoms with Crippen LogP contribution in [0.4, 0.5) is 0 Å². The lowest BCUT2D eigenvalue weighted by Crippen LogP contribution is -2.58. The van der Waals surface area contributed by atoms with Crippen LogP contribution in [0.15, 0.2) is 36.4 Å². The maximum absolute atomic E-state index is 10.9. The molecule has 3 aliphatic heterocycles. The summed E-state index contributed by atoms with van der Waals surface area (Å²) < 4.78 is 24.6. The molecule has 0 unspecified atom stereocenters. The van der Waals surface area contributed by atoms with Gasteiger partial charge in [-0.15, -0.1) is 23.5 Å². The van der Waals surface area contributed by atoms with Gasteiger partial charge in [0.05, 0.1) is 42.7 Å². The molecule has 196 valence electrons. The first kappa shape index (κ1) is 27.3. The summed E-state index contributed by atoms with van der Waals surface area (Å²) in [5.41, 5.74) is 2.07. The van der Waals surface area contributed by atoms with E-state index < -0.39 is 11.9 Å². The van der Waals surface area contributed by atoms with Crippen molar-refractivity contribution in [3.8, 4) is 5.75 Å². The Hall–Kier alpha value is -0.740. The Labute approximate surface area is 218 Å². The molecule has 4 rings (SSSR count). The number of hydrogen-bond donors (Lipinski definition) is 2. The summed E-state index contributed by atoms with van der Waals surface area (Å²) in [6, 6.07) is 7.84. The average molecular weight is 525 g/mol. The van der Waals surface area contributed by atoms with Gasteiger partial charge in [0.25, 0.3) is 0 Å². The smallest absolute Gasteiger partial charge is 0.173 e. The average Bonchev–Trinajstić information content (AvgIpc) is 2.83. The zero-order chi connectivity index (χ0) is 24.9. The molecule has 0 saturated carbocycles. The molecule has 3 fully saturated rings. The highest BCUT2D eigenvalue weighted by molar-refractivity contribution is 8.18. The van der Waals surface area contributed by atoms with E-state index >= 15 is 0 Å². The van der Waals surface area contributed by atoms with E-state index in [-0.39, 0.29) is 28.8 Å². The van der Waals surface area contributed by atoms with Crippen LogP contribution in [-0.2, 0) is 20.8 Å². The van der Waals surface area contributed by atoms with E-state index in [9.17, 15) is 10.2 Å². The van der Waals surface area contributed by atoms with Crippen molar-refractivity contribution in [1.82, 2.24) is 0 Å². The molecule has 3 aliphatic rings. The number of thioether (sulfide) groups is 2. The monoisotopic (exact) mass is 524 g/mol. The number of rotatable bonds is 9. The molecule has 2 spiro atoms. The molecule has 2 N–H and O–H groups in total. The van der Waals surface area contributed by atoms with Crippen LogP contribution in [0.25, 0.3) is 0 Å². The maximum Gasteiger partial charge on any atom is 0.173 e. The van der Waals surface area contributed by atoms with Gasteiger partial charge in [-0.1, -0.05) is 31.2 Å². The second-order valence-electron chi connectivity index (χ2n) is 10.1. The number of hydrogen-bond acceptors (Lipinski definition) is 8. The summed E-state index contributed by atoms with van der Waals surface area (Å²) in [5, 5.41) is 20.5. The molecule has 0 aromatic heterocycles. The summed E-state index contributed by atoms with van der Waals surface area (Å²) in [7, 11) is 1.66. The Kier molecular flexibility index (Phi) is 9.52. The van der Waals surface area contributed by atoms with Crippen molar-refractivity contribution in [2.75, 3.05) is 31.8 Å². The van der Waals surface area contributed by atoms with Crippen LogP contribution in [0.3, 0.4) is 0 Å². The fraction of sp³-hybridized carbons (Fsp3) is 0.704. The third-order valence-electron chi connectivity index (χ3n) is 7.13. The topological polar surface area (TPSA) is 77.4 Å². The van der Waals surface area contributed by atoms with E-state index in [4.69, 9.17) is 18.9 Å². The van der Waals surface area contributed by atoms with Crippen LogP contribution in [0.2, 0.25) is 0 Å². The van der Waals surface area contributed by atoms with Crippen LogP contribution in [0, 0.1) is 5.92 Å². The number of benzene rings is 1. The summed E-state index contributed by atoms with van der Waals surface area (Å²) in [6.07, 6.45) is 3.86. The first-order valence-electron chi connectivity index (χ1n) is 12.6. The fourth-order valence-electron chi connectivity index (χ4n) is 5.26. The molecular formula is C27H40O6S2. The van der Waals surface area contributed by atoms with Crippen molar-refractivity contribution in [3.05, 3.63) is 42.0 Å². The lowest BCUT2D eigenvalue weighted by molar-refractivity contribution is -0.331. The van der Waals surface area contributed by atoms with E-state index in [1.165, 1.54) is 6.42 Å². The van der Waals surface area contributed by atoms with Crippen LogP contribution in [0.1, 0.15) is 51.0 Å². The molecule has 3 saturated heterocycles. The highest BCUT2D eigenvalue weighted by atomic mass is 32.2. The van der Waals surface area contributed by atoms with Gasteiger partial charge >= 0.3 is 0 Å². The molecule has 3 heterocycles. The molecule has 0 bridgehead atoms. The van der Waals surface area contributed by atoms with Crippen LogP contribution < -0.4 is 4.74 Å². The zero-order valence-corrected chi connectivity index (χ0v) is 22.6. The lowest BCUT2D eigenvalue weighted by atomic mass is 9.88. The third-order valence-corrected chi connectivity index (χ3v) is 10.5. The molecule has 0 radical (unpaired) electrons. The molecule has 35 heavy (non-hydrogen) atoms. The van der Waals surface area contributed by atoms with E-state index in [0.717, 1.165) is 41.2 Å². The number of methoxy groups -OCH3 is 1. The fourth-order valence-corrected chi connectivity index (χ4v) is 8.85. The molecular weight excluding hydrogens is 484 g/mol. The normalized spacial score (nSPS) is 31.4. The minimum atomic E-state index is -0.825. The van der Waals surface area contributed by atoms with Gasteiger partial charge in [-0.2, -0.15) is 0 Å². The molecule has 5 atom stereocenters. The maximum atomic E-state index is 10.9. The summed E-state index contributed by atoms with van der Waals surface area (Å²) >= 11 is 4.04. The summed E-state index contributed by atoms with van der Waals surface area (Å²) in [6.45, 7) is 7.19. The predicted octanol–water partition coefficient (Wildman–Crippen LogP) is 4.77. The van der Waals surface area contributed by atoms with E-state index in [0.29, 0.717) is 32.5 Å². The molecule has 0 amide bonds. The molecule has 8 heteroatoms. The molecule has 1 aromatic rings. The minimum absolute atomic E-state index is 0.0233. The number of ether oxygens (including phenoxy) is 4. The van der Waals surface area contributed by atoms with Gasteiger partial charge in [0, 0.05) is 25.9 Å². The summed E-state index contributed by atoms with van der Waals surface area (Å²) in [4.78, 5) is 0. The summed E-state index contributed by atoms with van der Waals surface area (Å²) in [5.74, 6) is 2.31. The van der Waals surface area contributed by atoms with Gasteiger partial charge in [-0.25, -0.2) is 0 Å². The zero-order valence-electron chi connectivity index (χ0n) is 20.9. The highest BCUT2D eigenvalue weighted by Crippen LogP contribution is 2.57. The van der Waals surface area contributed by atoms with Crippen molar-refractivity contribution < 1.29 is 29.2 Å². The van der Waals surface area contributed by atoms with E-state index in [1.54, 1.807) is 7.11 Å². The van der Waals surface area contributed by atoms with Crippen molar-refractivity contribution in [2.24, 2.45) is 5.92 Å². The molecule has 0 aliphatic carbocycles. The third kappa shape index (κ3) is 7.18. The van der Waals surface area contributed by atoms with Gasteiger partial charge in [0.2, 0.25) is 0 Å². The lowest BCUT2D eigenvalue weighted by Gasteiger charge is -2.54. The van der Waals surface area contributed by atoms with Crippen molar-refractivity contribution >= 4 is 23.5 Å². The van der Waals surface area contributed by atoms with Crippen LogP contribution in [0.5, 0.6) is 5.75 Å². The Balaban J connectivity index is 1.43. The Morgan fingerprint density at radius 3 is 2.57 bits per heavy atom. The van der Waals surface area contributed by atoms with Gasteiger partial charge in [0.15, 0.2) is 5.79 Å². The Morgan fingerprint density at radius 1 is 1.17 bits per heavy atom. The van der Waals surface area contributed by atoms with Gasteiger partial charge in [-0.05, 0) is 54.4 Å². The van der Waals surface area contributed by atoms with Gasteiger partial charge in [-0.3, -0.25) is 0 Å². The second kappa shape index (κ2) is 12.2.